The molecule has 0 aliphatic rings. The highest BCUT2D eigenvalue weighted by Gasteiger charge is 2.13. The molecule has 0 saturated carbocycles. The fourth-order valence-electron chi connectivity index (χ4n) is 2.63. The van der Waals surface area contributed by atoms with Crippen LogP contribution in [0.3, 0.4) is 0 Å². The zero-order valence-electron chi connectivity index (χ0n) is 14.2. The minimum atomic E-state index is -0.457. The second kappa shape index (κ2) is 7.13. The second-order valence-electron chi connectivity index (χ2n) is 6.02. The molecule has 126 valence electrons. The fourth-order valence-corrected chi connectivity index (χ4v) is 2.63. The van der Waals surface area contributed by atoms with Crippen LogP contribution in [0.1, 0.15) is 27.0 Å². The van der Waals surface area contributed by atoms with Crippen molar-refractivity contribution in [1.29, 1.82) is 0 Å². The van der Waals surface area contributed by atoms with Crippen molar-refractivity contribution in [3.63, 3.8) is 0 Å². The fraction of sp³-hybridized carbons (Fsp3) is 0.150. The van der Waals surface area contributed by atoms with Crippen molar-refractivity contribution in [2.75, 3.05) is 5.32 Å². The molecule has 0 spiro atoms. The maximum atomic E-state index is 12.6. The van der Waals surface area contributed by atoms with Crippen molar-refractivity contribution in [3.8, 4) is 0 Å². The molecule has 0 fully saturated rings. The van der Waals surface area contributed by atoms with Crippen molar-refractivity contribution in [2.45, 2.75) is 20.4 Å². The van der Waals surface area contributed by atoms with Crippen LogP contribution in [0.5, 0.6) is 0 Å². The predicted octanol–water partition coefficient (Wildman–Crippen LogP) is 3.16. The number of carbonyl (C=O) groups is 1. The number of carbonyl (C=O) groups excluding carboxylic acids is 1. The lowest BCUT2D eigenvalue weighted by atomic mass is 10.1. The zero-order chi connectivity index (χ0) is 17.8. The topological polar surface area (TPSA) is 64.0 Å². The van der Waals surface area contributed by atoms with Crippen LogP contribution in [0.15, 0.2) is 65.7 Å². The summed E-state index contributed by atoms with van der Waals surface area (Å²) < 4.78 is 1.54. The van der Waals surface area contributed by atoms with E-state index in [1.165, 1.54) is 10.6 Å². The standard InChI is InChI=1S/C20H19N3O2/c1-14-5-3-6-16(11-14)13-23-10-4-7-17(20(23)25)19(24)22-18-12-15(2)8-9-21-18/h3-12H,13H2,1-2H3,(H,21,22,24). The van der Waals surface area contributed by atoms with Crippen LogP contribution in [0.25, 0.3) is 0 Å². The number of aromatic nitrogens is 2. The van der Waals surface area contributed by atoms with E-state index in [-0.39, 0.29) is 11.1 Å². The zero-order valence-corrected chi connectivity index (χ0v) is 14.2. The van der Waals surface area contributed by atoms with Gasteiger partial charge in [-0.1, -0.05) is 29.8 Å². The highest BCUT2D eigenvalue weighted by Crippen LogP contribution is 2.08. The van der Waals surface area contributed by atoms with Gasteiger partial charge in [0.2, 0.25) is 0 Å². The van der Waals surface area contributed by atoms with Gasteiger partial charge in [-0.15, -0.1) is 0 Å². The van der Waals surface area contributed by atoms with Crippen LogP contribution in [0.4, 0.5) is 5.82 Å². The van der Waals surface area contributed by atoms with Crippen molar-refractivity contribution in [2.24, 2.45) is 0 Å². The Morgan fingerprint density at radius 1 is 1.08 bits per heavy atom. The van der Waals surface area contributed by atoms with Crippen LogP contribution in [0, 0.1) is 13.8 Å². The molecule has 0 bridgehead atoms. The number of nitrogens with one attached hydrogen (secondary N) is 1. The summed E-state index contributed by atoms with van der Waals surface area (Å²) in [6.45, 7) is 4.34. The Morgan fingerprint density at radius 3 is 2.64 bits per heavy atom. The molecule has 1 aromatic carbocycles. The molecule has 25 heavy (non-hydrogen) atoms. The second-order valence-corrected chi connectivity index (χ2v) is 6.02. The van der Waals surface area contributed by atoms with Crippen molar-refractivity contribution in [3.05, 3.63) is 93.5 Å². The number of pyridine rings is 2. The third kappa shape index (κ3) is 4.01. The van der Waals surface area contributed by atoms with E-state index in [1.54, 1.807) is 24.5 Å². The van der Waals surface area contributed by atoms with E-state index in [1.807, 2.05) is 44.2 Å². The molecule has 0 atom stereocenters. The number of hydrogen-bond donors (Lipinski definition) is 1. The van der Waals surface area contributed by atoms with Crippen LogP contribution in [-0.2, 0) is 6.54 Å². The molecule has 0 unspecified atom stereocenters. The molecule has 3 aromatic rings. The van der Waals surface area contributed by atoms with Crippen molar-refractivity contribution >= 4 is 11.7 Å². The third-order valence-corrected chi connectivity index (χ3v) is 3.86. The van der Waals surface area contributed by atoms with Crippen LogP contribution in [0.2, 0.25) is 0 Å². The third-order valence-electron chi connectivity index (χ3n) is 3.86. The van der Waals surface area contributed by atoms with E-state index in [0.29, 0.717) is 12.4 Å². The van der Waals surface area contributed by atoms with Gasteiger partial charge < -0.3 is 9.88 Å². The highest BCUT2D eigenvalue weighted by atomic mass is 16.2. The number of rotatable bonds is 4. The number of hydrogen-bond acceptors (Lipinski definition) is 3. The molecule has 1 N–H and O–H groups in total. The Kier molecular flexibility index (Phi) is 4.75. The molecule has 2 aromatic heterocycles. The van der Waals surface area contributed by atoms with Gasteiger partial charge in [0.25, 0.3) is 11.5 Å². The Labute approximate surface area is 146 Å². The van der Waals surface area contributed by atoms with E-state index in [0.717, 1.165) is 16.7 Å². The summed E-state index contributed by atoms with van der Waals surface area (Å²) in [4.78, 5) is 29.2. The van der Waals surface area contributed by atoms with Crippen molar-refractivity contribution in [1.82, 2.24) is 9.55 Å². The number of nitrogens with zero attached hydrogens (tertiary/aromatic N) is 2. The average Bonchev–Trinajstić information content (AvgIpc) is 2.57. The molecule has 0 saturated heterocycles. The van der Waals surface area contributed by atoms with E-state index < -0.39 is 5.91 Å². The van der Waals surface area contributed by atoms with E-state index in [4.69, 9.17) is 0 Å². The monoisotopic (exact) mass is 333 g/mol. The van der Waals surface area contributed by atoms with Gasteiger partial charge in [-0.3, -0.25) is 9.59 Å². The lowest BCUT2D eigenvalue weighted by Crippen LogP contribution is -2.29. The molecule has 5 nitrogen and oxygen atoms in total. The van der Waals surface area contributed by atoms with Gasteiger partial charge in [0.15, 0.2) is 0 Å². The summed E-state index contributed by atoms with van der Waals surface area (Å²) in [5, 5.41) is 2.68. The average molecular weight is 333 g/mol. The molecule has 2 heterocycles. The molecule has 5 heteroatoms. The normalized spacial score (nSPS) is 10.5. The Bertz CT molecular complexity index is 976. The summed E-state index contributed by atoms with van der Waals surface area (Å²) in [5.74, 6) is -0.0276. The van der Waals surface area contributed by atoms with Crippen LogP contribution < -0.4 is 10.9 Å². The van der Waals surface area contributed by atoms with Gasteiger partial charge in [0, 0.05) is 12.4 Å². The minimum absolute atomic E-state index is 0.0958. The molecular weight excluding hydrogens is 314 g/mol. The number of amides is 1. The van der Waals surface area contributed by atoms with Gasteiger partial charge in [-0.05, 0) is 49.2 Å². The lowest BCUT2D eigenvalue weighted by molar-refractivity contribution is 0.102. The largest absolute Gasteiger partial charge is 0.310 e. The molecule has 3 rings (SSSR count). The first-order valence-electron chi connectivity index (χ1n) is 8.02. The maximum absolute atomic E-state index is 12.6. The Hall–Kier alpha value is -3.21. The van der Waals surface area contributed by atoms with Crippen LogP contribution in [-0.4, -0.2) is 15.5 Å². The first kappa shape index (κ1) is 16.6. The summed E-state index contributed by atoms with van der Waals surface area (Å²) >= 11 is 0. The van der Waals surface area contributed by atoms with Gasteiger partial charge in [0.1, 0.15) is 11.4 Å². The van der Waals surface area contributed by atoms with Crippen LogP contribution >= 0.6 is 0 Å². The molecule has 0 radical (unpaired) electrons. The summed E-state index contributed by atoms with van der Waals surface area (Å²) in [5.41, 5.74) is 2.90. The summed E-state index contributed by atoms with van der Waals surface area (Å²) in [6.07, 6.45) is 3.30. The minimum Gasteiger partial charge on any atom is -0.310 e. The van der Waals surface area contributed by atoms with Gasteiger partial charge in [-0.25, -0.2) is 4.98 Å². The molecule has 0 aliphatic heterocycles. The first-order chi connectivity index (χ1) is 12.0. The smallest absolute Gasteiger partial charge is 0.263 e. The first-order valence-corrected chi connectivity index (χ1v) is 8.02. The lowest BCUT2D eigenvalue weighted by Gasteiger charge is -2.09. The van der Waals surface area contributed by atoms with Gasteiger partial charge in [-0.2, -0.15) is 0 Å². The summed E-state index contributed by atoms with van der Waals surface area (Å²) in [6, 6.07) is 14.8. The Balaban J connectivity index is 1.85. The van der Waals surface area contributed by atoms with Crippen molar-refractivity contribution < 1.29 is 4.79 Å². The number of anilines is 1. The van der Waals surface area contributed by atoms with E-state index >= 15 is 0 Å². The quantitative estimate of drug-likeness (QED) is 0.798. The molecule has 1 amide bonds. The van der Waals surface area contributed by atoms with Gasteiger partial charge >= 0.3 is 0 Å². The predicted molar refractivity (Wildman–Crippen MR) is 97.9 cm³/mol. The SMILES string of the molecule is Cc1cccc(Cn2cccc(C(=O)Nc3cc(C)ccn3)c2=O)c1. The van der Waals surface area contributed by atoms with E-state index in [2.05, 4.69) is 10.3 Å². The highest BCUT2D eigenvalue weighted by molar-refractivity contribution is 6.03. The number of benzene rings is 1. The molecular formula is C20H19N3O2. The van der Waals surface area contributed by atoms with Gasteiger partial charge in [0.05, 0.1) is 6.54 Å². The molecule has 0 aliphatic carbocycles. The Morgan fingerprint density at radius 2 is 1.88 bits per heavy atom. The summed E-state index contributed by atoms with van der Waals surface area (Å²) in [7, 11) is 0. The maximum Gasteiger partial charge on any atom is 0.263 e. The number of aryl methyl sites for hydroxylation is 2. The van der Waals surface area contributed by atoms with E-state index in [9.17, 15) is 9.59 Å².